The van der Waals surface area contributed by atoms with Gasteiger partial charge < -0.3 is 10.6 Å². The van der Waals surface area contributed by atoms with Crippen LogP contribution in [-0.4, -0.2) is 42.6 Å². The van der Waals surface area contributed by atoms with Crippen LogP contribution in [0.2, 0.25) is 0 Å². The molecule has 1 aliphatic rings. The lowest BCUT2D eigenvalue weighted by Crippen LogP contribution is -2.51. The molecule has 0 aliphatic carbocycles. The van der Waals surface area contributed by atoms with E-state index in [9.17, 15) is 0 Å². The van der Waals surface area contributed by atoms with Crippen molar-refractivity contribution < 1.29 is 0 Å². The minimum absolute atomic E-state index is 0.620. The zero-order valence-electron chi connectivity index (χ0n) is 13.1. The van der Waals surface area contributed by atoms with E-state index in [1.54, 1.807) is 0 Å². The molecule has 21 heavy (non-hydrogen) atoms. The maximum Gasteiger partial charge on any atom is 0.0449 e. The molecule has 1 unspecified atom stereocenters. The molecule has 1 fully saturated rings. The van der Waals surface area contributed by atoms with Gasteiger partial charge in [0.25, 0.3) is 0 Å². The second kappa shape index (κ2) is 5.53. The smallest absolute Gasteiger partial charge is 0.0449 e. The third-order valence-corrected chi connectivity index (χ3v) is 4.64. The molecule has 1 aliphatic heterocycles. The number of rotatable bonds is 2. The first-order chi connectivity index (χ1) is 10.1. The number of hydrogen-bond acceptors (Lipinski definition) is 4. The fourth-order valence-electron chi connectivity index (χ4n) is 3.23. The summed E-state index contributed by atoms with van der Waals surface area (Å²) in [5.74, 6) is 0. The van der Waals surface area contributed by atoms with Crippen LogP contribution in [0.5, 0.6) is 0 Å². The Morgan fingerprint density at radius 2 is 2.10 bits per heavy atom. The monoisotopic (exact) mass is 284 g/mol. The molecule has 1 aromatic heterocycles. The first kappa shape index (κ1) is 14.1. The van der Waals surface area contributed by atoms with Gasteiger partial charge in [-0.2, -0.15) is 0 Å². The van der Waals surface area contributed by atoms with Gasteiger partial charge in [0.1, 0.15) is 0 Å². The van der Waals surface area contributed by atoms with E-state index in [1.165, 1.54) is 17.5 Å². The summed E-state index contributed by atoms with van der Waals surface area (Å²) in [7, 11) is 2.22. The van der Waals surface area contributed by atoms with Gasteiger partial charge in [-0.1, -0.05) is 6.92 Å². The third-order valence-electron chi connectivity index (χ3n) is 4.64. The summed E-state index contributed by atoms with van der Waals surface area (Å²) >= 11 is 0. The van der Waals surface area contributed by atoms with E-state index >= 15 is 0 Å². The van der Waals surface area contributed by atoms with Crippen LogP contribution in [0.4, 0.5) is 11.4 Å². The van der Waals surface area contributed by atoms with Gasteiger partial charge in [-0.05, 0) is 38.6 Å². The molecule has 2 heterocycles. The van der Waals surface area contributed by atoms with Crippen molar-refractivity contribution in [2.75, 3.05) is 37.3 Å². The highest BCUT2D eigenvalue weighted by Crippen LogP contribution is 2.32. The number of piperazine rings is 1. The number of aromatic nitrogens is 1. The third kappa shape index (κ3) is 2.56. The molecular formula is C17H24N4. The first-order valence-electron chi connectivity index (χ1n) is 7.70. The van der Waals surface area contributed by atoms with Crippen LogP contribution in [-0.2, 0) is 0 Å². The molecule has 1 saturated heterocycles. The summed E-state index contributed by atoms with van der Waals surface area (Å²) in [6, 6.07) is 6.94. The van der Waals surface area contributed by atoms with Crippen LogP contribution in [0, 0.1) is 6.92 Å². The maximum absolute atomic E-state index is 6.11. The molecule has 0 radical (unpaired) electrons. The van der Waals surface area contributed by atoms with Crippen molar-refractivity contribution in [2.24, 2.45) is 0 Å². The van der Waals surface area contributed by atoms with Crippen molar-refractivity contribution >= 4 is 22.1 Å². The molecule has 0 bridgehead atoms. The standard InChI is InChI=1S/C17H24N4/c1-4-13-11-21(8-7-20(13)3)17-6-5-16(18)15-10-19-12(2)9-14(15)17/h5-6,9-10,13H,4,7-8,11,18H2,1-3H3. The zero-order chi connectivity index (χ0) is 15.0. The molecule has 0 spiro atoms. The highest BCUT2D eigenvalue weighted by Gasteiger charge is 2.24. The lowest BCUT2D eigenvalue weighted by molar-refractivity contribution is 0.213. The van der Waals surface area contributed by atoms with Crippen molar-refractivity contribution in [2.45, 2.75) is 26.3 Å². The SMILES string of the molecule is CCC1CN(c2ccc(N)c3cnc(C)cc23)CCN1C. The van der Waals surface area contributed by atoms with E-state index < -0.39 is 0 Å². The van der Waals surface area contributed by atoms with Gasteiger partial charge in [0.2, 0.25) is 0 Å². The minimum Gasteiger partial charge on any atom is -0.398 e. The number of pyridine rings is 1. The molecule has 0 amide bonds. The van der Waals surface area contributed by atoms with Gasteiger partial charge in [-0.15, -0.1) is 0 Å². The predicted molar refractivity (Wildman–Crippen MR) is 89.8 cm³/mol. The normalized spacial score (nSPS) is 20.1. The first-order valence-corrected chi connectivity index (χ1v) is 7.70. The fraction of sp³-hybridized carbons (Fsp3) is 0.471. The average Bonchev–Trinajstić information content (AvgIpc) is 2.48. The van der Waals surface area contributed by atoms with Gasteiger partial charge in [0, 0.05) is 59.7 Å². The summed E-state index contributed by atoms with van der Waals surface area (Å²) in [6.07, 6.45) is 3.08. The Kier molecular flexibility index (Phi) is 3.72. The molecular weight excluding hydrogens is 260 g/mol. The maximum atomic E-state index is 6.11. The van der Waals surface area contributed by atoms with E-state index in [1.807, 2.05) is 19.2 Å². The Morgan fingerprint density at radius 3 is 2.86 bits per heavy atom. The molecule has 2 aromatic rings. The minimum atomic E-state index is 0.620. The second-order valence-corrected chi connectivity index (χ2v) is 6.03. The van der Waals surface area contributed by atoms with E-state index in [0.717, 1.165) is 36.4 Å². The summed E-state index contributed by atoms with van der Waals surface area (Å²) in [4.78, 5) is 9.35. The predicted octanol–water partition coefficient (Wildman–Crippen LogP) is 2.66. The van der Waals surface area contributed by atoms with E-state index in [-0.39, 0.29) is 0 Å². The van der Waals surface area contributed by atoms with Crippen LogP contribution >= 0.6 is 0 Å². The number of likely N-dealkylation sites (N-methyl/N-ethyl adjacent to an activating group) is 1. The summed E-state index contributed by atoms with van der Waals surface area (Å²) in [5, 5.41) is 2.28. The Bertz CT molecular complexity index is 653. The highest BCUT2D eigenvalue weighted by molar-refractivity contribution is 6.01. The largest absolute Gasteiger partial charge is 0.398 e. The van der Waals surface area contributed by atoms with Gasteiger partial charge in [0.05, 0.1) is 0 Å². The van der Waals surface area contributed by atoms with Crippen LogP contribution < -0.4 is 10.6 Å². The molecule has 2 N–H and O–H groups in total. The quantitative estimate of drug-likeness (QED) is 0.861. The van der Waals surface area contributed by atoms with E-state index in [0.29, 0.717) is 6.04 Å². The Hall–Kier alpha value is -1.81. The number of benzene rings is 1. The van der Waals surface area contributed by atoms with Crippen molar-refractivity contribution in [3.8, 4) is 0 Å². The average molecular weight is 284 g/mol. The molecule has 4 nitrogen and oxygen atoms in total. The summed E-state index contributed by atoms with van der Waals surface area (Å²) in [5.41, 5.74) is 9.25. The summed E-state index contributed by atoms with van der Waals surface area (Å²) in [6.45, 7) is 7.54. The number of nitrogens with two attached hydrogens (primary N) is 1. The van der Waals surface area contributed by atoms with Gasteiger partial charge >= 0.3 is 0 Å². The Balaban J connectivity index is 2.04. The topological polar surface area (TPSA) is 45.4 Å². The molecule has 4 heteroatoms. The number of hydrogen-bond donors (Lipinski definition) is 1. The molecule has 1 atom stereocenters. The molecule has 3 rings (SSSR count). The fourth-order valence-corrected chi connectivity index (χ4v) is 3.23. The number of anilines is 2. The van der Waals surface area contributed by atoms with Gasteiger partial charge in [-0.25, -0.2) is 0 Å². The number of nitrogens with zero attached hydrogens (tertiary/aromatic N) is 3. The van der Waals surface area contributed by atoms with E-state index in [2.05, 4.69) is 40.9 Å². The van der Waals surface area contributed by atoms with Crippen molar-refractivity contribution in [3.63, 3.8) is 0 Å². The Labute approximate surface area is 126 Å². The van der Waals surface area contributed by atoms with Crippen LogP contribution in [0.25, 0.3) is 10.8 Å². The second-order valence-electron chi connectivity index (χ2n) is 6.03. The lowest BCUT2D eigenvalue weighted by atomic mass is 10.0. The van der Waals surface area contributed by atoms with Crippen LogP contribution in [0.15, 0.2) is 24.4 Å². The number of aryl methyl sites for hydroxylation is 1. The molecule has 112 valence electrons. The summed E-state index contributed by atoms with van der Waals surface area (Å²) < 4.78 is 0. The molecule has 0 saturated carbocycles. The van der Waals surface area contributed by atoms with Gasteiger partial charge in [0.15, 0.2) is 0 Å². The number of nitrogen functional groups attached to an aromatic ring is 1. The van der Waals surface area contributed by atoms with Crippen molar-refractivity contribution in [3.05, 3.63) is 30.1 Å². The lowest BCUT2D eigenvalue weighted by Gasteiger charge is -2.40. The van der Waals surface area contributed by atoms with Crippen LogP contribution in [0.1, 0.15) is 19.0 Å². The van der Waals surface area contributed by atoms with E-state index in [4.69, 9.17) is 5.73 Å². The van der Waals surface area contributed by atoms with Gasteiger partial charge in [-0.3, -0.25) is 9.88 Å². The Morgan fingerprint density at radius 1 is 1.29 bits per heavy atom. The zero-order valence-corrected chi connectivity index (χ0v) is 13.1. The number of fused-ring (bicyclic) bond motifs is 1. The van der Waals surface area contributed by atoms with Crippen LogP contribution in [0.3, 0.4) is 0 Å². The van der Waals surface area contributed by atoms with Crippen molar-refractivity contribution in [1.29, 1.82) is 0 Å². The van der Waals surface area contributed by atoms with Crippen molar-refractivity contribution in [1.82, 2.24) is 9.88 Å². The highest BCUT2D eigenvalue weighted by atomic mass is 15.3. The molecule has 1 aromatic carbocycles.